The van der Waals surface area contributed by atoms with Gasteiger partial charge in [0.1, 0.15) is 5.76 Å². The third-order valence-corrected chi connectivity index (χ3v) is 4.12. The molecule has 1 amide bonds. The number of carbonyl (C=O) groups is 1. The van der Waals surface area contributed by atoms with E-state index in [0.717, 1.165) is 17.0 Å². The quantitative estimate of drug-likeness (QED) is 0.885. The molecule has 3 rings (SSSR count). The highest BCUT2D eigenvalue weighted by Gasteiger charge is 2.37. The molecule has 1 aliphatic rings. The second-order valence-corrected chi connectivity index (χ2v) is 5.54. The van der Waals surface area contributed by atoms with Crippen LogP contribution in [0, 0.1) is 13.8 Å². The normalized spacial score (nSPS) is 18.0. The molecule has 0 radical (unpaired) electrons. The van der Waals surface area contributed by atoms with Crippen LogP contribution in [0.2, 0.25) is 0 Å². The van der Waals surface area contributed by atoms with Crippen LogP contribution in [0.4, 0.5) is 5.82 Å². The average Bonchev–Trinajstić information content (AvgIpc) is 3.01. The van der Waals surface area contributed by atoms with Gasteiger partial charge in [-0.2, -0.15) is 0 Å². The highest BCUT2D eigenvalue weighted by Crippen LogP contribution is 2.27. The largest absolute Gasteiger partial charge is 0.361 e. The Morgan fingerprint density at radius 2 is 2.09 bits per heavy atom. The zero-order valence-electron chi connectivity index (χ0n) is 13.1. The molecule has 0 aliphatic carbocycles. The lowest BCUT2D eigenvalue weighted by Crippen LogP contribution is -2.54. The number of anilines is 1. The minimum absolute atomic E-state index is 0.229. The molecule has 2 aromatic heterocycles. The van der Waals surface area contributed by atoms with Crippen molar-refractivity contribution in [3.05, 3.63) is 29.0 Å². The van der Waals surface area contributed by atoms with Gasteiger partial charge in [0, 0.05) is 26.2 Å². The predicted octanol–water partition coefficient (Wildman–Crippen LogP) is 0.436. The molecular weight excluding hydrogens is 286 g/mol. The van der Waals surface area contributed by atoms with Crippen LogP contribution in [0.5, 0.6) is 0 Å². The molecule has 0 fully saturated rings. The zero-order valence-corrected chi connectivity index (χ0v) is 13.1. The lowest BCUT2D eigenvalue weighted by Gasteiger charge is -2.38. The maximum atomic E-state index is 12.6. The predicted molar refractivity (Wildman–Crippen MR) is 78.3 cm³/mol. The van der Waals surface area contributed by atoms with Gasteiger partial charge in [0.05, 0.1) is 12.0 Å². The summed E-state index contributed by atoms with van der Waals surface area (Å²) in [6, 6.07) is 0. The number of hydrogen-bond acceptors (Lipinski definition) is 6. The van der Waals surface area contributed by atoms with Gasteiger partial charge < -0.3 is 19.1 Å². The van der Waals surface area contributed by atoms with Gasteiger partial charge in [-0.1, -0.05) is 5.16 Å². The molecule has 1 aliphatic heterocycles. The van der Waals surface area contributed by atoms with Crippen molar-refractivity contribution in [3.63, 3.8) is 0 Å². The average molecular weight is 305 g/mol. The van der Waals surface area contributed by atoms with E-state index in [2.05, 4.69) is 10.1 Å². The molecular formula is C14H19N5O3. The monoisotopic (exact) mass is 305 g/mol. The first-order valence-corrected chi connectivity index (χ1v) is 7.06. The smallest absolute Gasteiger partial charge is 0.277 e. The van der Waals surface area contributed by atoms with Crippen molar-refractivity contribution in [3.8, 4) is 0 Å². The summed E-state index contributed by atoms with van der Waals surface area (Å²) in [5, 5.41) is 14.3. The first kappa shape index (κ1) is 14.6. The lowest BCUT2D eigenvalue weighted by atomic mass is 10.1. The van der Waals surface area contributed by atoms with Crippen molar-refractivity contribution in [2.24, 2.45) is 7.05 Å². The summed E-state index contributed by atoms with van der Waals surface area (Å²) in [4.78, 5) is 19.8. The fraction of sp³-hybridized carbons (Fsp3) is 0.500. The molecule has 8 nitrogen and oxygen atoms in total. The van der Waals surface area contributed by atoms with Gasteiger partial charge in [-0.3, -0.25) is 9.69 Å². The number of nitrogens with zero attached hydrogens (tertiary/aromatic N) is 5. The van der Waals surface area contributed by atoms with Crippen molar-refractivity contribution in [1.82, 2.24) is 19.6 Å². The molecule has 1 N–H and O–H groups in total. The minimum atomic E-state index is -1.03. The standard InChI is InChI=1S/C14H19N5O3/c1-8-10(9(2)22-16-8)5-6-19-13(20)11-12(15-7-17(11)3)18(4)14(19)21/h7,14,21H,5-6H2,1-4H3. The number of fused-ring (bicyclic) bond motifs is 1. The highest BCUT2D eigenvalue weighted by molar-refractivity contribution is 5.99. The Kier molecular flexibility index (Phi) is 3.40. The number of imidazole rings is 1. The second kappa shape index (κ2) is 5.13. The number of rotatable bonds is 3. The molecule has 118 valence electrons. The van der Waals surface area contributed by atoms with Crippen LogP contribution in [-0.2, 0) is 13.5 Å². The lowest BCUT2D eigenvalue weighted by molar-refractivity contribution is 0.00363. The Morgan fingerprint density at radius 3 is 2.73 bits per heavy atom. The van der Waals surface area contributed by atoms with Crippen molar-refractivity contribution in [2.75, 3.05) is 18.5 Å². The summed E-state index contributed by atoms with van der Waals surface area (Å²) >= 11 is 0. The van der Waals surface area contributed by atoms with E-state index < -0.39 is 6.35 Å². The summed E-state index contributed by atoms with van der Waals surface area (Å²) in [5.74, 6) is 1.01. The SMILES string of the molecule is Cc1noc(C)c1CCN1C(=O)c2c(ncn2C)N(C)C1O. The summed E-state index contributed by atoms with van der Waals surface area (Å²) in [7, 11) is 3.48. The van der Waals surface area contributed by atoms with Crippen LogP contribution in [0.15, 0.2) is 10.9 Å². The van der Waals surface area contributed by atoms with E-state index in [1.54, 1.807) is 29.9 Å². The maximum absolute atomic E-state index is 12.6. The molecule has 0 saturated carbocycles. The Labute approximate surface area is 127 Å². The Morgan fingerprint density at radius 1 is 1.36 bits per heavy atom. The van der Waals surface area contributed by atoms with Crippen molar-refractivity contribution in [2.45, 2.75) is 26.6 Å². The van der Waals surface area contributed by atoms with Crippen molar-refractivity contribution >= 4 is 11.7 Å². The molecule has 0 aromatic carbocycles. The van der Waals surface area contributed by atoms with Crippen LogP contribution in [0.3, 0.4) is 0 Å². The fourth-order valence-electron chi connectivity index (χ4n) is 2.79. The van der Waals surface area contributed by atoms with Gasteiger partial charge >= 0.3 is 0 Å². The van der Waals surface area contributed by atoms with Crippen LogP contribution < -0.4 is 4.90 Å². The number of aliphatic hydroxyl groups is 1. The Bertz CT molecular complexity index is 701. The van der Waals surface area contributed by atoms with Gasteiger partial charge in [-0.05, 0) is 20.3 Å². The van der Waals surface area contributed by atoms with E-state index in [4.69, 9.17) is 4.52 Å². The number of aromatic nitrogens is 3. The minimum Gasteiger partial charge on any atom is -0.361 e. The van der Waals surface area contributed by atoms with E-state index in [1.807, 2.05) is 13.8 Å². The van der Waals surface area contributed by atoms with Gasteiger partial charge in [-0.25, -0.2) is 4.98 Å². The van der Waals surface area contributed by atoms with Crippen molar-refractivity contribution < 1.29 is 14.4 Å². The molecule has 8 heteroatoms. The summed E-state index contributed by atoms with van der Waals surface area (Å²) in [6.07, 6.45) is 1.12. The third kappa shape index (κ3) is 2.07. The molecule has 0 saturated heterocycles. The van der Waals surface area contributed by atoms with Crippen molar-refractivity contribution in [1.29, 1.82) is 0 Å². The van der Waals surface area contributed by atoms with Gasteiger partial charge in [0.2, 0.25) is 6.35 Å². The summed E-state index contributed by atoms with van der Waals surface area (Å²) in [6.45, 7) is 4.08. The number of aryl methyl sites for hydroxylation is 3. The Hall–Kier alpha value is -2.35. The Balaban J connectivity index is 1.85. The third-order valence-electron chi connectivity index (χ3n) is 4.12. The molecule has 22 heavy (non-hydrogen) atoms. The highest BCUT2D eigenvalue weighted by atomic mass is 16.5. The molecule has 0 bridgehead atoms. The summed E-state index contributed by atoms with van der Waals surface area (Å²) in [5.41, 5.74) is 2.26. The molecule has 2 aromatic rings. The molecule has 1 atom stereocenters. The van der Waals surface area contributed by atoms with Crippen LogP contribution >= 0.6 is 0 Å². The first-order valence-electron chi connectivity index (χ1n) is 7.06. The van der Waals surface area contributed by atoms with Crippen LogP contribution in [0.25, 0.3) is 0 Å². The zero-order chi connectivity index (χ0) is 16.0. The summed E-state index contributed by atoms with van der Waals surface area (Å²) < 4.78 is 6.80. The van der Waals surface area contributed by atoms with Gasteiger partial charge in [-0.15, -0.1) is 0 Å². The maximum Gasteiger partial charge on any atom is 0.277 e. The van der Waals surface area contributed by atoms with Crippen LogP contribution in [0.1, 0.15) is 27.5 Å². The second-order valence-electron chi connectivity index (χ2n) is 5.54. The molecule has 1 unspecified atom stereocenters. The van der Waals surface area contributed by atoms with Gasteiger partial charge in [0.15, 0.2) is 11.5 Å². The molecule has 0 spiro atoms. The topological polar surface area (TPSA) is 87.6 Å². The molecule has 3 heterocycles. The number of carbonyl (C=O) groups excluding carboxylic acids is 1. The first-order chi connectivity index (χ1) is 10.4. The number of hydrogen-bond donors (Lipinski definition) is 1. The fourth-order valence-corrected chi connectivity index (χ4v) is 2.79. The number of amides is 1. The van der Waals surface area contributed by atoms with E-state index in [1.165, 1.54) is 4.90 Å². The number of aliphatic hydroxyl groups excluding tert-OH is 1. The van der Waals surface area contributed by atoms with E-state index in [0.29, 0.717) is 24.5 Å². The van der Waals surface area contributed by atoms with E-state index >= 15 is 0 Å². The van der Waals surface area contributed by atoms with E-state index in [9.17, 15) is 9.90 Å². The van der Waals surface area contributed by atoms with Gasteiger partial charge in [0.25, 0.3) is 5.91 Å². The van der Waals surface area contributed by atoms with E-state index in [-0.39, 0.29) is 5.91 Å². The van der Waals surface area contributed by atoms with Crippen LogP contribution in [-0.4, -0.2) is 50.6 Å².